The molecule has 7 heteroatoms. The number of fused-ring (bicyclic) bond motifs is 1. The van der Waals surface area contributed by atoms with E-state index in [0.29, 0.717) is 32.1 Å². The number of ether oxygens (including phenoxy) is 2. The Kier molecular flexibility index (Phi) is 6.72. The summed E-state index contributed by atoms with van der Waals surface area (Å²) in [5.74, 6) is 2.10. The van der Waals surface area contributed by atoms with Crippen molar-refractivity contribution in [2.75, 3.05) is 32.1 Å². The van der Waals surface area contributed by atoms with Crippen molar-refractivity contribution in [2.45, 2.75) is 32.7 Å². The van der Waals surface area contributed by atoms with Crippen LogP contribution in [0.5, 0.6) is 11.5 Å². The van der Waals surface area contributed by atoms with Crippen LogP contribution >= 0.6 is 0 Å². The third kappa shape index (κ3) is 5.64. The summed E-state index contributed by atoms with van der Waals surface area (Å²) < 4.78 is 11.3. The Labute approximate surface area is 142 Å². The molecule has 1 aliphatic rings. The number of aliphatic imine (C=N–C) groups is 1. The number of benzene rings is 1. The number of nitrogens with one attached hydrogen (secondary N) is 3. The summed E-state index contributed by atoms with van der Waals surface area (Å²) in [7, 11) is 1.69. The van der Waals surface area contributed by atoms with E-state index >= 15 is 0 Å². The SMILES string of the molecule is CN=C(NCCC(=O)NC(C)C)Nc1ccc2c(c1)OCCCO2. The zero-order chi connectivity index (χ0) is 17.4. The summed E-state index contributed by atoms with van der Waals surface area (Å²) in [5.41, 5.74) is 0.846. The second kappa shape index (κ2) is 9.00. The van der Waals surface area contributed by atoms with Crippen LogP contribution in [0.3, 0.4) is 0 Å². The molecule has 1 aromatic carbocycles. The molecule has 0 spiro atoms. The van der Waals surface area contributed by atoms with E-state index in [1.165, 1.54) is 0 Å². The molecule has 3 N–H and O–H groups in total. The van der Waals surface area contributed by atoms with Crippen LogP contribution in [-0.4, -0.2) is 44.7 Å². The maximum Gasteiger partial charge on any atom is 0.221 e. The summed E-state index contributed by atoms with van der Waals surface area (Å²) in [6.45, 7) is 5.70. The first kappa shape index (κ1) is 17.9. The Morgan fingerprint density at radius 1 is 1.25 bits per heavy atom. The minimum absolute atomic E-state index is 0.0172. The van der Waals surface area contributed by atoms with Gasteiger partial charge >= 0.3 is 0 Å². The summed E-state index contributed by atoms with van der Waals surface area (Å²) in [4.78, 5) is 15.8. The largest absolute Gasteiger partial charge is 0.490 e. The molecule has 0 saturated carbocycles. The third-order valence-electron chi connectivity index (χ3n) is 3.33. The van der Waals surface area contributed by atoms with Crippen molar-refractivity contribution < 1.29 is 14.3 Å². The van der Waals surface area contributed by atoms with Crippen LogP contribution in [0.15, 0.2) is 23.2 Å². The molecule has 1 amide bonds. The second-order valence-corrected chi connectivity index (χ2v) is 5.81. The Morgan fingerprint density at radius 3 is 2.71 bits per heavy atom. The standard InChI is InChI=1S/C17H26N4O3/c1-12(2)20-16(22)7-8-19-17(18-3)21-13-5-6-14-15(11-13)24-10-4-9-23-14/h5-6,11-12H,4,7-10H2,1-3H3,(H,20,22)(H2,18,19,21). The third-order valence-corrected chi connectivity index (χ3v) is 3.33. The summed E-state index contributed by atoms with van der Waals surface area (Å²) in [6, 6.07) is 5.83. The van der Waals surface area contributed by atoms with Gasteiger partial charge in [-0.15, -0.1) is 0 Å². The van der Waals surface area contributed by atoms with Crippen molar-refractivity contribution in [3.05, 3.63) is 18.2 Å². The minimum atomic E-state index is 0.0172. The van der Waals surface area contributed by atoms with Crippen molar-refractivity contribution in [1.82, 2.24) is 10.6 Å². The van der Waals surface area contributed by atoms with E-state index in [9.17, 15) is 4.79 Å². The molecule has 1 aliphatic heterocycles. The van der Waals surface area contributed by atoms with Crippen LogP contribution in [0.25, 0.3) is 0 Å². The lowest BCUT2D eigenvalue weighted by Gasteiger charge is -2.14. The minimum Gasteiger partial charge on any atom is -0.490 e. The van der Waals surface area contributed by atoms with Crippen molar-refractivity contribution >= 4 is 17.6 Å². The van der Waals surface area contributed by atoms with Gasteiger partial charge in [-0.05, 0) is 26.0 Å². The van der Waals surface area contributed by atoms with Crippen molar-refractivity contribution in [2.24, 2.45) is 4.99 Å². The molecule has 0 saturated heterocycles. The van der Waals surface area contributed by atoms with E-state index in [1.54, 1.807) is 7.05 Å². The van der Waals surface area contributed by atoms with E-state index in [1.807, 2.05) is 32.0 Å². The first-order valence-corrected chi connectivity index (χ1v) is 8.25. The number of hydrogen-bond donors (Lipinski definition) is 3. The lowest BCUT2D eigenvalue weighted by Crippen LogP contribution is -2.36. The number of rotatable bonds is 5. The molecule has 1 aromatic rings. The average Bonchev–Trinajstić information content (AvgIpc) is 2.78. The molecule has 0 fully saturated rings. The topological polar surface area (TPSA) is 84.0 Å². The zero-order valence-corrected chi connectivity index (χ0v) is 14.5. The van der Waals surface area contributed by atoms with E-state index in [-0.39, 0.29) is 11.9 Å². The fourth-order valence-corrected chi connectivity index (χ4v) is 2.25. The number of nitrogens with zero attached hydrogens (tertiary/aromatic N) is 1. The van der Waals surface area contributed by atoms with E-state index in [0.717, 1.165) is 23.6 Å². The van der Waals surface area contributed by atoms with Gasteiger partial charge in [0.05, 0.1) is 13.2 Å². The monoisotopic (exact) mass is 334 g/mol. The molecule has 1 heterocycles. The molecule has 0 aliphatic carbocycles. The maximum atomic E-state index is 11.6. The first-order valence-electron chi connectivity index (χ1n) is 8.25. The van der Waals surface area contributed by atoms with Crippen LogP contribution in [0.2, 0.25) is 0 Å². The Hall–Kier alpha value is -2.44. The van der Waals surface area contributed by atoms with Crippen molar-refractivity contribution in [3.63, 3.8) is 0 Å². The molecule has 0 bridgehead atoms. The number of hydrogen-bond acceptors (Lipinski definition) is 4. The summed E-state index contributed by atoms with van der Waals surface area (Å²) in [6.07, 6.45) is 1.26. The molecular formula is C17H26N4O3. The number of guanidine groups is 1. The Balaban J connectivity index is 1.86. The predicted molar refractivity (Wildman–Crippen MR) is 94.9 cm³/mol. The van der Waals surface area contributed by atoms with Gasteiger partial charge in [-0.3, -0.25) is 9.79 Å². The molecule has 132 valence electrons. The van der Waals surface area contributed by atoms with Gasteiger partial charge in [-0.2, -0.15) is 0 Å². The second-order valence-electron chi connectivity index (χ2n) is 5.81. The molecule has 24 heavy (non-hydrogen) atoms. The van der Waals surface area contributed by atoms with Gasteiger partial charge in [0, 0.05) is 44.2 Å². The van der Waals surface area contributed by atoms with Gasteiger partial charge in [0.25, 0.3) is 0 Å². The van der Waals surface area contributed by atoms with Crippen LogP contribution in [0.4, 0.5) is 5.69 Å². The highest BCUT2D eigenvalue weighted by Gasteiger charge is 2.11. The normalized spacial score (nSPS) is 14.1. The number of amides is 1. The van der Waals surface area contributed by atoms with Gasteiger partial charge in [0.1, 0.15) is 0 Å². The molecule has 7 nitrogen and oxygen atoms in total. The van der Waals surface area contributed by atoms with Gasteiger partial charge in [0.2, 0.25) is 5.91 Å². The fraction of sp³-hybridized carbons (Fsp3) is 0.529. The lowest BCUT2D eigenvalue weighted by molar-refractivity contribution is -0.121. The Bertz CT molecular complexity index is 587. The van der Waals surface area contributed by atoms with E-state index in [2.05, 4.69) is 20.9 Å². The molecule has 0 unspecified atom stereocenters. The highest BCUT2D eigenvalue weighted by Crippen LogP contribution is 2.32. The average molecular weight is 334 g/mol. The highest BCUT2D eigenvalue weighted by atomic mass is 16.5. The van der Waals surface area contributed by atoms with Gasteiger partial charge in [-0.25, -0.2) is 0 Å². The molecule has 0 radical (unpaired) electrons. The van der Waals surface area contributed by atoms with Gasteiger partial charge in [-0.1, -0.05) is 0 Å². The van der Waals surface area contributed by atoms with Gasteiger partial charge < -0.3 is 25.4 Å². The van der Waals surface area contributed by atoms with Crippen LogP contribution < -0.4 is 25.4 Å². The Morgan fingerprint density at radius 2 is 2.00 bits per heavy atom. The summed E-state index contributed by atoms with van der Waals surface area (Å²) >= 11 is 0. The van der Waals surface area contributed by atoms with Crippen LogP contribution in [0.1, 0.15) is 26.7 Å². The van der Waals surface area contributed by atoms with Crippen LogP contribution in [0, 0.1) is 0 Å². The zero-order valence-electron chi connectivity index (χ0n) is 14.5. The van der Waals surface area contributed by atoms with Crippen molar-refractivity contribution in [1.29, 1.82) is 0 Å². The molecule has 2 rings (SSSR count). The molecular weight excluding hydrogens is 308 g/mol. The highest BCUT2D eigenvalue weighted by molar-refractivity contribution is 5.94. The van der Waals surface area contributed by atoms with E-state index in [4.69, 9.17) is 9.47 Å². The van der Waals surface area contributed by atoms with Crippen molar-refractivity contribution in [3.8, 4) is 11.5 Å². The fourth-order valence-electron chi connectivity index (χ4n) is 2.25. The quantitative estimate of drug-likeness (QED) is 0.564. The number of carbonyl (C=O) groups is 1. The summed E-state index contributed by atoms with van der Waals surface area (Å²) in [5, 5.41) is 9.16. The smallest absolute Gasteiger partial charge is 0.221 e. The number of anilines is 1. The van der Waals surface area contributed by atoms with Crippen LogP contribution in [-0.2, 0) is 4.79 Å². The molecule has 0 atom stereocenters. The maximum absolute atomic E-state index is 11.6. The lowest BCUT2D eigenvalue weighted by atomic mass is 10.2. The van der Waals surface area contributed by atoms with E-state index < -0.39 is 0 Å². The predicted octanol–water partition coefficient (Wildman–Crippen LogP) is 1.75. The van der Waals surface area contributed by atoms with Gasteiger partial charge in [0.15, 0.2) is 17.5 Å². The number of carbonyl (C=O) groups excluding carboxylic acids is 1. The first-order chi connectivity index (χ1) is 11.6. The molecule has 0 aromatic heterocycles.